The van der Waals surface area contributed by atoms with Gasteiger partial charge in [-0.2, -0.15) is 8.42 Å². The Morgan fingerprint density at radius 3 is 2.29 bits per heavy atom. The summed E-state index contributed by atoms with van der Waals surface area (Å²) in [6.07, 6.45) is 4.95. The van der Waals surface area contributed by atoms with E-state index in [1.807, 2.05) is 0 Å². The summed E-state index contributed by atoms with van der Waals surface area (Å²) in [7, 11) is -6.70. The zero-order valence-corrected chi connectivity index (χ0v) is 21.7. The van der Waals surface area contributed by atoms with Crippen LogP contribution in [-0.4, -0.2) is 48.3 Å². The lowest BCUT2D eigenvalue weighted by Crippen LogP contribution is -2.08. The number of sulfone groups is 1. The van der Waals surface area contributed by atoms with E-state index >= 15 is 0 Å². The number of rotatable bonds is 13. The number of fused-ring (bicyclic) bond motifs is 1. The smallest absolute Gasteiger partial charge is 0.264 e. The molecule has 0 amide bonds. The molecule has 0 atom stereocenters. The van der Waals surface area contributed by atoms with Crippen molar-refractivity contribution in [2.45, 2.75) is 38.4 Å². The third-order valence-corrected chi connectivity index (χ3v) is 6.66. The molecule has 190 valence electrons. The van der Waals surface area contributed by atoms with Gasteiger partial charge in [0.1, 0.15) is 17.1 Å². The third kappa shape index (κ3) is 7.91. The number of furan rings is 1. The molecular weight excluding hydrogens is 492 g/mol. The van der Waals surface area contributed by atoms with Crippen LogP contribution >= 0.6 is 0 Å². The maximum Gasteiger partial charge on any atom is 0.264 e. The fraction of sp³-hybridized carbons (Fsp3) is 0.400. The second kappa shape index (κ2) is 11.4. The highest BCUT2D eigenvalue weighted by atomic mass is 32.2. The van der Waals surface area contributed by atoms with E-state index in [-0.39, 0.29) is 24.7 Å². The molecular formula is C25H30O8S2. The summed E-state index contributed by atoms with van der Waals surface area (Å²) in [5, 5.41) is 0.605. The lowest BCUT2D eigenvalue weighted by Gasteiger charge is -2.08. The molecule has 0 fully saturated rings. The molecule has 3 rings (SSSR count). The van der Waals surface area contributed by atoms with Crippen molar-refractivity contribution in [3.05, 3.63) is 64.9 Å². The number of carbonyl (C=O) groups is 1. The predicted octanol–water partition coefficient (Wildman–Crippen LogP) is 4.30. The molecule has 3 aromatic rings. The number of ketones is 1. The van der Waals surface area contributed by atoms with E-state index in [0.717, 1.165) is 19.1 Å². The van der Waals surface area contributed by atoms with Crippen molar-refractivity contribution in [1.82, 2.24) is 0 Å². The summed E-state index contributed by atoms with van der Waals surface area (Å²) < 4.78 is 61.8. The Morgan fingerprint density at radius 1 is 0.943 bits per heavy atom. The second-order valence-electron chi connectivity index (χ2n) is 8.49. The first-order valence-corrected chi connectivity index (χ1v) is 15.2. The van der Waals surface area contributed by atoms with E-state index in [1.54, 1.807) is 42.5 Å². The van der Waals surface area contributed by atoms with E-state index in [2.05, 4.69) is 11.1 Å². The lowest BCUT2D eigenvalue weighted by molar-refractivity contribution is 0.103. The number of ether oxygens (including phenoxy) is 1. The number of hydrogen-bond acceptors (Lipinski definition) is 8. The van der Waals surface area contributed by atoms with Gasteiger partial charge in [0.05, 0.1) is 30.8 Å². The van der Waals surface area contributed by atoms with Crippen molar-refractivity contribution in [3.8, 4) is 5.75 Å². The molecule has 35 heavy (non-hydrogen) atoms. The van der Waals surface area contributed by atoms with Gasteiger partial charge in [0.15, 0.2) is 15.6 Å². The van der Waals surface area contributed by atoms with E-state index in [0.29, 0.717) is 52.0 Å². The Hall–Kier alpha value is -2.69. The van der Waals surface area contributed by atoms with Crippen LogP contribution in [0.1, 0.15) is 53.4 Å². The predicted molar refractivity (Wildman–Crippen MR) is 134 cm³/mol. The molecule has 2 aromatic carbocycles. The molecule has 10 heteroatoms. The lowest BCUT2D eigenvalue weighted by atomic mass is 9.97. The minimum atomic E-state index is -3.47. The van der Waals surface area contributed by atoms with Crippen LogP contribution in [0.15, 0.2) is 46.9 Å². The minimum Gasteiger partial charge on any atom is -0.494 e. The van der Waals surface area contributed by atoms with Crippen LogP contribution < -0.4 is 4.74 Å². The molecule has 0 unspecified atom stereocenters. The van der Waals surface area contributed by atoms with Gasteiger partial charge in [-0.05, 0) is 48.4 Å². The molecule has 0 spiro atoms. The zero-order chi connectivity index (χ0) is 25.6. The van der Waals surface area contributed by atoms with Gasteiger partial charge in [-0.25, -0.2) is 8.42 Å². The molecule has 0 aliphatic rings. The van der Waals surface area contributed by atoms with Crippen LogP contribution in [0.25, 0.3) is 11.0 Å². The number of benzene rings is 2. The summed E-state index contributed by atoms with van der Waals surface area (Å²) in [6.45, 7) is 2.35. The molecule has 0 aliphatic carbocycles. The van der Waals surface area contributed by atoms with E-state index in [1.165, 1.54) is 6.26 Å². The fourth-order valence-corrected chi connectivity index (χ4v) is 4.86. The molecule has 0 saturated heterocycles. The molecule has 0 bridgehead atoms. The van der Waals surface area contributed by atoms with Crippen LogP contribution in [0.4, 0.5) is 0 Å². The van der Waals surface area contributed by atoms with Gasteiger partial charge < -0.3 is 9.15 Å². The van der Waals surface area contributed by atoms with Gasteiger partial charge in [0.2, 0.25) is 0 Å². The maximum atomic E-state index is 13.5. The van der Waals surface area contributed by atoms with Crippen molar-refractivity contribution in [3.63, 3.8) is 0 Å². The van der Waals surface area contributed by atoms with Crippen LogP contribution in [-0.2, 0) is 36.3 Å². The first kappa shape index (κ1) is 26.9. The average molecular weight is 523 g/mol. The SMILES string of the molecule is CCCCc1oc2ccc(CS(C)(=O)=O)cc2c1C(=O)c1ccc(OCCCOS(C)(=O)=O)cc1. The highest BCUT2D eigenvalue weighted by Gasteiger charge is 2.22. The summed E-state index contributed by atoms with van der Waals surface area (Å²) in [4.78, 5) is 13.5. The number of aryl methyl sites for hydroxylation is 1. The minimum absolute atomic E-state index is 0.0326. The topological polar surface area (TPSA) is 117 Å². The van der Waals surface area contributed by atoms with E-state index in [9.17, 15) is 21.6 Å². The largest absolute Gasteiger partial charge is 0.494 e. The maximum absolute atomic E-state index is 13.5. The number of carbonyl (C=O) groups excluding carboxylic acids is 1. The van der Waals surface area contributed by atoms with Gasteiger partial charge in [-0.15, -0.1) is 0 Å². The Kier molecular flexibility index (Phi) is 8.74. The average Bonchev–Trinajstić information content (AvgIpc) is 3.13. The summed E-state index contributed by atoms with van der Waals surface area (Å²) in [5.41, 5.74) is 2.05. The number of unbranched alkanes of at least 4 members (excludes halogenated alkanes) is 1. The van der Waals surface area contributed by atoms with E-state index in [4.69, 9.17) is 9.15 Å². The highest BCUT2D eigenvalue weighted by Crippen LogP contribution is 2.31. The monoisotopic (exact) mass is 522 g/mol. The molecule has 0 radical (unpaired) electrons. The van der Waals surface area contributed by atoms with Gasteiger partial charge >= 0.3 is 0 Å². The molecule has 0 saturated carbocycles. The molecule has 8 nitrogen and oxygen atoms in total. The molecule has 1 aromatic heterocycles. The zero-order valence-electron chi connectivity index (χ0n) is 20.1. The van der Waals surface area contributed by atoms with E-state index < -0.39 is 20.0 Å². The standard InChI is InChI=1S/C25H30O8S2/c1-4-5-7-23-24(21-16-18(17-34(2,27)28)8-13-22(21)33-23)25(26)19-9-11-20(12-10-19)31-14-6-15-32-35(3,29)30/h8-13,16H,4-7,14-15,17H2,1-3H3. The highest BCUT2D eigenvalue weighted by molar-refractivity contribution is 7.89. The molecule has 0 aliphatic heterocycles. The first-order chi connectivity index (χ1) is 16.5. The van der Waals surface area contributed by atoms with Crippen molar-refractivity contribution in [1.29, 1.82) is 0 Å². The molecule has 1 heterocycles. The van der Waals surface area contributed by atoms with Gasteiger partial charge in [-0.3, -0.25) is 8.98 Å². The van der Waals surface area contributed by atoms with Gasteiger partial charge in [0.25, 0.3) is 10.1 Å². The van der Waals surface area contributed by atoms with Crippen molar-refractivity contribution in [2.24, 2.45) is 0 Å². The fourth-order valence-electron chi connectivity index (χ4n) is 3.66. The molecule has 0 N–H and O–H groups in total. The van der Waals surface area contributed by atoms with Gasteiger partial charge in [-0.1, -0.05) is 19.4 Å². The Balaban J connectivity index is 1.82. The normalized spacial score (nSPS) is 12.2. The van der Waals surface area contributed by atoms with Crippen molar-refractivity contribution in [2.75, 3.05) is 25.7 Å². The quantitative estimate of drug-likeness (QED) is 0.185. The first-order valence-electron chi connectivity index (χ1n) is 11.3. The van der Waals surface area contributed by atoms with Crippen LogP contribution in [0.5, 0.6) is 5.75 Å². The summed E-state index contributed by atoms with van der Waals surface area (Å²) in [6, 6.07) is 11.8. The Morgan fingerprint density at radius 2 is 1.66 bits per heavy atom. The third-order valence-electron chi connectivity index (χ3n) is 5.21. The van der Waals surface area contributed by atoms with Crippen LogP contribution in [0.3, 0.4) is 0 Å². The second-order valence-corrected chi connectivity index (χ2v) is 12.3. The summed E-state index contributed by atoms with van der Waals surface area (Å²) in [5.74, 6) is 0.807. The summed E-state index contributed by atoms with van der Waals surface area (Å²) >= 11 is 0. The van der Waals surface area contributed by atoms with Crippen LogP contribution in [0, 0.1) is 0 Å². The van der Waals surface area contributed by atoms with Crippen molar-refractivity contribution < 1.29 is 35.0 Å². The van der Waals surface area contributed by atoms with Gasteiger partial charge in [0, 0.05) is 30.0 Å². The Bertz CT molecular complexity index is 1390. The van der Waals surface area contributed by atoms with Crippen molar-refractivity contribution >= 4 is 36.7 Å². The van der Waals surface area contributed by atoms with Crippen LogP contribution in [0.2, 0.25) is 0 Å². The number of hydrogen-bond donors (Lipinski definition) is 0. The Labute approximate surface area is 206 Å².